The summed E-state index contributed by atoms with van der Waals surface area (Å²) in [7, 11) is 0. The minimum atomic E-state index is -0.472. The fourth-order valence-electron chi connectivity index (χ4n) is 3.44. The minimum Gasteiger partial charge on any atom is -0.436 e. The van der Waals surface area contributed by atoms with Gasteiger partial charge < -0.3 is 9.73 Å². The SMILES string of the molecule is CCC(C)c1ccc2oc(-c3cccc(NC(=O)C=Cc4cccc([N+](=O)[O-])c4)c3)nc2c1. The Balaban J connectivity index is 1.50. The first-order valence-corrected chi connectivity index (χ1v) is 10.7. The van der Waals surface area contributed by atoms with Gasteiger partial charge in [0.15, 0.2) is 5.58 Å². The van der Waals surface area contributed by atoms with Gasteiger partial charge in [-0.3, -0.25) is 14.9 Å². The Morgan fingerprint density at radius 1 is 1.15 bits per heavy atom. The van der Waals surface area contributed by atoms with Gasteiger partial charge in [-0.1, -0.05) is 38.1 Å². The standard InChI is InChI=1S/C26H23N3O4/c1-3-17(2)19-11-12-24-23(16-19)28-26(33-24)20-7-5-8-21(15-20)27-25(30)13-10-18-6-4-9-22(14-18)29(31)32/h4-17H,3H2,1-2H3,(H,27,30). The van der Waals surface area contributed by atoms with Crippen molar-refractivity contribution in [2.75, 3.05) is 5.32 Å². The molecule has 7 heteroatoms. The Labute approximate surface area is 190 Å². The van der Waals surface area contributed by atoms with Crippen LogP contribution >= 0.6 is 0 Å². The van der Waals surface area contributed by atoms with Crippen LogP contribution < -0.4 is 5.32 Å². The zero-order chi connectivity index (χ0) is 23.4. The van der Waals surface area contributed by atoms with Crippen LogP contribution in [0.15, 0.2) is 77.2 Å². The summed E-state index contributed by atoms with van der Waals surface area (Å²) in [6.45, 7) is 4.34. The summed E-state index contributed by atoms with van der Waals surface area (Å²) in [4.78, 5) is 27.4. The molecule has 0 radical (unpaired) electrons. The topological polar surface area (TPSA) is 98.3 Å². The summed E-state index contributed by atoms with van der Waals surface area (Å²) < 4.78 is 5.93. The van der Waals surface area contributed by atoms with Gasteiger partial charge in [-0.2, -0.15) is 0 Å². The first-order valence-electron chi connectivity index (χ1n) is 10.7. The number of nitro groups is 1. The molecule has 0 aliphatic heterocycles. The molecule has 3 aromatic carbocycles. The van der Waals surface area contributed by atoms with Crippen molar-refractivity contribution >= 4 is 34.5 Å². The quantitative estimate of drug-likeness (QED) is 0.199. The predicted molar refractivity (Wildman–Crippen MR) is 129 cm³/mol. The molecule has 0 spiro atoms. The number of nitro benzene ring substituents is 1. The predicted octanol–water partition coefficient (Wildman–Crippen LogP) is 6.57. The molecule has 4 rings (SSSR count). The number of non-ortho nitro benzene ring substituents is 1. The summed E-state index contributed by atoms with van der Waals surface area (Å²) in [5, 5.41) is 13.7. The summed E-state index contributed by atoms with van der Waals surface area (Å²) >= 11 is 0. The van der Waals surface area contributed by atoms with E-state index in [9.17, 15) is 14.9 Å². The van der Waals surface area contributed by atoms with Gasteiger partial charge in [0.05, 0.1) is 4.92 Å². The molecule has 1 aromatic heterocycles. The van der Waals surface area contributed by atoms with Crippen LogP contribution in [-0.2, 0) is 4.79 Å². The number of hydrogen-bond acceptors (Lipinski definition) is 5. The van der Waals surface area contributed by atoms with E-state index in [2.05, 4.69) is 36.3 Å². The number of fused-ring (bicyclic) bond motifs is 1. The molecule has 1 N–H and O–H groups in total. The first-order chi connectivity index (χ1) is 15.9. The first kappa shape index (κ1) is 22.0. The van der Waals surface area contributed by atoms with Crippen LogP contribution in [0.1, 0.15) is 37.3 Å². The van der Waals surface area contributed by atoms with Gasteiger partial charge in [0.1, 0.15) is 5.52 Å². The van der Waals surface area contributed by atoms with Crippen LogP contribution in [-0.4, -0.2) is 15.8 Å². The van der Waals surface area contributed by atoms with Crippen LogP contribution in [0, 0.1) is 10.1 Å². The Bertz CT molecular complexity index is 1360. The molecule has 0 saturated heterocycles. The highest BCUT2D eigenvalue weighted by Crippen LogP contribution is 2.29. The number of amides is 1. The van der Waals surface area contributed by atoms with Gasteiger partial charge in [-0.25, -0.2) is 4.98 Å². The van der Waals surface area contributed by atoms with Crippen LogP contribution in [0.3, 0.4) is 0 Å². The fraction of sp³-hybridized carbons (Fsp3) is 0.154. The normalized spacial score (nSPS) is 12.2. The monoisotopic (exact) mass is 441 g/mol. The number of oxazole rings is 1. The molecule has 0 aliphatic rings. The molecule has 1 amide bonds. The summed E-state index contributed by atoms with van der Waals surface area (Å²) in [6, 6.07) is 19.4. The smallest absolute Gasteiger partial charge is 0.270 e. The molecule has 4 aromatic rings. The Hall–Kier alpha value is -4.26. The van der Waals surface area contributed by atoms with Crippen molar-refractivity contribution < 1.29 is 14.1 Å². The molecule has 1 atom stereocenters. The van der Waals surface area contributed by atoms with Crippen molar-refractivity contribution in [1.29, 1.82) is 0 Å². The van der Waals surface area contributed by atoms with Gasteiger partial charge >= 0.3 is 0 Å². The number of carbonyl (C=O) groups is 1. The van der Waals surface area contributed by atoms with E-state index < -0.39 is 4.92 Å². The zero-order valence-corrected chi connectivity index (χ0v) is 18.3. The number of hydrogen-bond donors (Lipinski definition) is 1. The van der Waals surface area contributed by atoms with E-state index in [1.54, 1.807) is 24.3 Å². The summed E-state index contributed by atoms with van der Waals surface area (Å²) in [5.74, 6) is 0.576. The van der Waals surface area contributed by atoms with E-state index in [-0.39, 0.29) is 11.6 Å². The van der Waals surface area contributed by atoms with Crippen LogP contribution in [0.2, 0.25) is 0 Å². The highest BCUT2D eigenvalue weighted by atomic mass is 16.6. The number of carbonyl (C=O) groups excluding carboxylic acids is 1. The lowest BCUT2D eigenvalue weighted by molar-refractivity contribution is -0.384. The third-order valence-electron chi connectivity index (χ3n) is 5.48. The number of nitrogens with one attached hydrogen (secondary N) is 1. The van der Waals surface area contributed by atoms with Crippen molar-refractivity contribution in [3.05, 3.63) is 94.0 Å². The molecule has 1 unspecified atom stereocenters. The van der Waals surface area contributed by atoms with E-state index in [0.717, 1.165) is 17.5 Å². The highest BCUT2D eigenvalue weighted by molar-refractivity contribution is 6.02. The molecule has 33 heavy (non-hydrogen) atoms. The second-order valence-corrected chi connectivity index (χ2v) is 7.81. The number of nitrogens with zero attached hydrogens (tertiary/aromatic N) is 2. The lowest BCUT2D eigenvalue weighted by Crippen LogP contribution is -2.07. The Kier molecular flexibility index (Phi) is 6.31. The van der Waals surface area contributed by atoms with Crippen molar-refractivity contribution in [2.45, 2.75) is 26.2 Å². The zero-order valence-electron chi connectivity index (χ0n) is 18.3. The minimum absolute atomic E-state index is 0.0279. The van der Waals surface area contributed by atoms with E-state index in [1.807, 2.05) is 18.2 Å². The van der Waals surface area contributed by atoms with Gasteiger partial charge in [-0.05, 0) is 59.9 Å². The molecule has 0 fully saturated rings. The van der Waals surface area contributed by atoms with E-state index in [0.29, 0.717) is 28.6 Å². The number of rotatable bonds is 7. The highest BCUT2D eigenvalue weighted by Gasteiger charge is 2.12. The number of aromatic nitrogens is 1. The van der Waals surface area contributed by atoms with Crippen molar-refractivity contribution in [3.63, 3.8) is 0 Å². The van der Waals surface area contributed by atoms with Crippen molar-refractivity contribution in [3.8, 4) is 11.5 Å². The Morgan fingerprint density at radius 3 is 2.76 bits per heavy atom. The third kappa shape index (κ3) is 5.15. The van der Waals surface area contributed by atoms with Crippen molar-refractivity contribution in [2.24, 2.45) is 0 Å². The molecule has 166 valence electrons. The molecule has 7 nitrogen and oxygen atoms in total. The lowest BCUT2D eigenvalue weighted by Gasteiger charge is -2.07. The Morgan fingerprint density at radius 2 is 1.97 bits per heavy atom. The molecule has 0 bridgehead atoms. The summed E-state index contributed by atoms with van der Waals surface area (Å²) in [6.07, 6.45) is 3.91. The van der Waals surface area contributed by atoms with E-state index >= 15 is 0 Å². The van der Waals surface area contributed by atoms with Gasteiger partial charge in [0.2, 0.25) is 11.8 Å². The molecular weight excluding hydrogens is 418 g/mol. The summed E-state index contributed by atoms with van der Waals surface area (Å²) in [5.41, 5.74) is 4.61. The average molecular weight is 441 g/mol. The van der Waals surface area contributed by atoms with Crippen LogP contribution in [0.5, 0.6) is 0 Å². The maximum absolute atomic E-state index is 12.4. The number of anilines is 1. The third-order valence-corrected chi connectivity index (χ3v) is 5.48. The maximum Gasteiger partial charge on any atom is 0.270 e. The van der Waals surface area contributed by atoms with E-state index in [1.165, 1.54) is 29.8 Å². The molecule has 0 saturated carbocycles. The van der Waals surface area contributed by atoms with Crippen LogP contribution in [0.25, 0.3) is 28.6 Å². The van der Waals surface area contributed by atoms with Gasteiger partial charge in [0.25, 0.3) is 5.69 Å². The van der Waals surface area contributed by atoms with Crippen molar-refractivity contribution in [1.82, 2.24) is 4.98 Å². The second-order valence-electron chi connectivity index (χ2n) is 7.81. The van der Waals surface area contributed by atoms with Gasteiger partial charge in [-0.15, -0.1) is 0 Å². The number of benzene rings is 3. The maximum atomic E-state index is 12.4. The lowest BCUT2D eigenvalue weighted by atomic mass is 9.98. The molecule has 0 aliphatic carbocycles. The molecule has 1 heterocycles. The van der Waals surface area contributed by atoms with E-state index in [4.69, 9.17) is 4.42 Å². The van der Waals surface area contributed by atoms with Gasteiger partial charge in [0, 0.05) is 29.5 Å². The molecular formula is C26H23N3O4. The second kappa shape index (κ2) is 9.48. The van der Waals surface area contributed by atoms with Crippen LogP contribution in [0.4, 0.5) is 11.4 Å². The largest absolute Gasteiger partial charge is 0.436 e. The fourth-order valence-corrected chi connectivity index (χ4v) is 3.44. The average Bonchev–Trinajstić information content (AvgIpc) is 3.26.